The molecule has 0 aliphatic rings. The van der Waals surface area contributed by atoms with Crippen molar-refractivity contribution in [3.05, 3.63) is 76.9 Å². The van der Waals surface area contributed by atoms with Crippen LogP contribution in [0.4, 0.5) is 18.9 Å². The highest BCUT2D eigenvalue weighted by molar-refractivity contribution is 6.04. The lowest BCUT2D eigenvalue weighted by atomic mass is 10.1. The van der Waals surface area contributed by atoms with E-state index in [1.807, 2.05) is 19.9 Å². The number of benzene rings is 2. The van der Waals surface area contributed by atoms with Crippen LogP contribution in [-0.4, -0.2) is 21.6 Å². The standard InChI is InChI=1S/C20H18F3N3O.CO2/c1-12-4-5-17(6-13(12)2)25-19(27)15-7-16(20(21,22)23)9-18(8-15)26-10-14(3)24-11-26;2-1-3/h4-11H,1-3H3,(H,25,27);. The predicted molar refractivity (Wildman–Crippen MR) is 102 cm³/mol. The number of rotatable bonds is 3. The molecule has 156 valence electrons. The first-order valence-electron chi connectivity index (χ1n) is 8.66. The van der Waals surface area contributed by atoms with E-state index in [9.17, 15) is 18.0 Å². The zero-order valence-electron chi connectivity index (χ0n) is 16.4. The average Bonchev–Trinajstić information content (AvgIpc) is 3.11. The number of anilines is 1. The molecule has 6 nitrogen and oxygen atoms in total. The molecule has 0 aliphatic heterocycles. The molecule has 0 fully saturated rings. The summed E-state index contributed by atoms with van der Waals surface area (Å²) in [4.78, 5) is 32.9. The molecule has 0 spiro atoms. The van der Waals surface area contributed by atoms with Gasteiger partial charge in [0, 0.05) is 23.1 Å². The average molecular weight is 417 g/mol. The molecule has 1 heterocycles. The molecule has 0 saturated carbocycles. The van der Waals surface area contributed by atoms with E-state index in [0.717, 1.165) is 23.3 Å². The summed E-state index contributed by atoms with van der Waals surface area (Å²) < 4.78 is 41.4. The topological polar surface area (TPSA) is 81.1 Å². The second-order valence-electron chi connectivity index (χ2n) is 6.53. The van der Waals surface area contributed by atoms with Crippen LogP contribution in [0, 0.1) is 20.8 Å². The number of hydrogen-bond acceptors (Lipinski definition) is 4. The van der Waals surface area contributed by atoms with E-state index >= 15 is 0 Å². The molecule has 30 heavy (non-hydrogen) atoms. The van der Waals surface area contributed by atoms with Gasteiger partial charge in [0.25, 0.3) is 5.91 Å². The van der Waals surface area contributed by atoms with E-state index in [1.165, 1.54) is 17.0 Å². The molecule has 1 N–H and O–H groups in total. The minimum atomic E-state index is -4.57. The maximum Gasteiger partial charge on any atom is 0.416 e. The van der Waals surface area contributed by atoms with Gasteiger partial charge in [0.15, 0.2) is 0 Å². The Balaban J connectivity index is 0.00000101. The Morgan fingerprint density at radius 1 is 1.03 bits per heavy atom. The van der Waals surface area contributed by atoms with Crippen molar-refractivity contribution in [2.24, 2.45) is 0 Å². The predicted octanol–water partition coefficient (Wildman–Crippen LogP) is 4.49. The SMILES string of the molecule is Cc1cn(-c2cc(C(=O)Nc3ccc(C)c(C)c3)cc(C(F)(F)F)c2)cn1.O=C=O. The number of imidazole rings is 1. The number of amides is 1. The van der Waals surface area contributed by atoms with Crippen LogP contribution < -0.4 is 5.32 Å². The Kier molecular flexibility index (Phi) is 6.92. The van der Waals surface area contributed by atoms with Crippen molar-refractivity contribution in [3.8, 4) is 5.69 Å². The van der Waals surface area contributed by atoms with Crippen LogP contribution in [0.15, 0.2) is 48.9 Å². The quantitative estimate of drug-likeness (QED) is 0.681. The van der Waals surface area contributed by atoms with Gasteiger partial charge in [-0.05, 0) is 62.2 Å². The summed E-state index contributed by atoms with van der Waals surface area (Å²) in [6.07, 6.45) is -1.31. The number of nitrogens with zero attached hydrogens (tertiary/aromatic N) is 2. The van der Waals surface area contributed by atoms with Crippen LogP contribution >= 0.6 is 0 Å². The first kappa shape index (κ1) is 22.6. The molecule has 1 amide bonds. The highest BCUT2D eigenvalue weighted by Gasteiger charge is 2.32. The van der Waals surface area contributed by atoms with Gasteiger partial charge in [0.2, 0.25) is 0 Å². The largest absolute Gasteiger partial charge is 0.416 e. The van der Waals surface area contributed by atoms with Crippen molar-refractivity contribution in [1.29, 1.82) is 0 Å². The number of aryl methyl sites for hydroxylation is 3. The van der Waals surface area contributed by atoms with E-state index in [0.29, 0.717) is 11.4 Å². The van der Waals surface area contributed by atoms with Crippen LogP contribution in [-0.2, 0) is 15.8 Å². The molecule has 1 aromatic heterocycles. The highest BCUT2D eigenvalue weighted by atomic mass is 19.4. The number of carbonyl (C=O) groups excluding carboxylic acids is 3. The monoisotopic (exact) mass is 417 g/mol. The lowest BCUT2D eigenvalue weighted by Crippen LogP contribution is -2.15. The molecule has 9 heteroatoms. The number of aromatic nitrogens is 2. The van der Waals surface area contributed by atoms with Gasteiger partial charge in [-0.15, -0.1) is 0 Å². The van der Waals surface area contributed by atoms with Crippen LogP contribution in [0.1, 0.15) is 32.7 Å². The van der Waals surface area contributed by atoms with Gasteiger partial charge in [-0.2, -0.15) is 22.8 Å². The van der Waals surface area contributed by atoms with Crippen LogP contribution in [0.3, 0.4) is 0 Å². The molecule has 0 radical (unpaired) electrons. The van der Waals surface area contributed by atoms with Gasteiger partial charge in [-0.1, -0.05) is 6.07 Å². The van der Waals surface area contributed by atoms with Crippen LogP contribution in [0.2, 0.25) is 0 Å². The van der Waals surface area contributed by atoms with Crippen LogP contribution in [0.5, 0.6) is 0 Å². The molecular weight excluding hydrogens is 399 g/mol. The lowest BCUT2D eigenvalue weighted by molar-refractivity contribution is -0.191. The first-order chi connectivity index (χ1) is 14.0. The fraction of sp³-hybridized carbons (Fsp3) is 0.190. The van der Waals surface area contributed by atoms with Crippen LogP contribution in [0.25, 0.3) is 5.69 Å². The summed E-state index contributed by atoms with van der Waals surface area (Å²) in [7, 11) is 0. The lowest BCUT2D eigenvalue weighted by Gasteiger charge is -2.13. The Bertz CT molecular complexity index is 1100. The van der Waals surface area contributed by atoms with Gasteiger partial charge in [0.1, 0.15) is 0 Å². The Morgan fingerprint density at radius 3 is 2.23 bits per heavy atom. The summed E-state index contributed by atoms with van der Waals surface area (Å²) in [5.41, 5.74) is 2.47. The fourth-order valence-electron chi connectivity index (χ4n) is 2.64. The van der Waals surface area contributed by atoms with Crippen molar-refractivity contribution in [2.75, 3.05) is 5.32 Å². The third-order valence-electron chi connectivity index (χ3n) is 4.28. The van der Waals surface area contributed by atoms with E-state index < -0.39 is 17.6 Å². The third kappa shape index (κ3) is 5.65. The smallest absolute Gasteiger partial charge is 0.322 e. The van der Waals surface area contributed by atoms with Crippen molar-refractivity contribution in [1.82, 2.24) is 9.55 Å². The molecule has 0 unspecified atom stereocenters. The third-order valence-corrected chi connectivity index (χ3v) is 4.28. The molecule has 0 aliphatic carbocycles. The molecule has 0 saturated heterocycles. The number of halogens is 3. The van der Waals surface area contributed by atoms with E-state index in [1.54, 1.807) is 25.3 Å². The summed E-state index contributed by atoms with van der Waals surface area (Å²) in [6, 6.07) is 8.59. The van der Waals surface area contributed by atoms with Crippen molar-refractivity contribution < 1.29 is 27.6 Å². The fourth-order valence-corrected chi connectivity index (χ4v) is 2.64. The maximum absolute atomic E-state index is 13.3. The van der Waals surface area contributed by atoms with Crippen molar-refractivity contribution in [2.45, 2.75) is 26.9 Å². The Morgan fingerprint density at radius 2 is 1.70 bits per heavy atom. The second-order valence-corrected chi connectivity index (χ2v) is 6.53. The zero-order valence-corrected chi connectivity index (χ0v) is 16.4. The van der Waals surface area contributed by atoms with E-state index in [-0.39, 0.29) is 17.4 Å². The summed E-state index contributed by atoms with van der Waals surface area (Å²) >= 11 is 0. The van der Waals surface area contributed by atoms with Crippen molar-refractivity contribution in [3.63, 3.8) is 0 Å². The molecular formula is C21H18F3N3O3. The highest BCUT2D eigenvalue weighted by Crippen LogP contribution is 2.32. The Labute approximate surface area is 170 Å². The Hall–Kier alpha value is -3.71. The first-order valence-corrected chi connectivity index (χ1v) is 8.66. The minimum Gasteiger partial charge on any atom is -0.322 e. The number of alkyl halides is 3. The minimum absolute atomic E-state index is 0.0793. The molecule has 3 aromatic rings. The van der Waals surface area contributed by atoms with Crippen molar-refractivity contribution >= 4 is 17.7 Å². The maximum atomic E-state index is 13.3. The van der Waals surface area contributed by atoms with Gasteiger partial charge < -0.3 is 9.88 Å². The van der Waals surface area contributed by atoms with Gasteiger partial charge in [-0.25, -0.2) is 4.98 Å². The van der Waals surface area contributed by atoms with Gasteiger partial charge >= 0.3 is 12.3 Å². The van der Waals surface area contributed by atoms with E-state index in [2.05, 4.69) is 10.3 Å². The summed E-state index contributed by atoms with van der Waals surface area (Å²) in [5.74, 6) is -0.609. The molecule has 3 rings (SSSR count). The molecule has 2 aromatic carbocycles. The molecule has 0 bridgehead atoms. The summed E-state index contributed by atoms with van der Waals surface area (Å²) in [5, 5.41) is 2.66. The van der Waals surface area contributed by atoms with Gasteiger partial charge in [0.05, 0.1) is 17.6 Å². The number of carbonyl (C=O) groups is 1. The number of hydrogen-bond donors (Lipinski definition) is 1. The zero-order chi connectivity index (χ0) is 22.5. The second kappa shape index (κ2) is 9.19. The van der Waals surface area contributed by atoms with E-state index in [4.69, 9.17) is 9.59 Å². The van der Waals surface area contributed by atoms with Gasteiger partial charge in [-0.3, -0.25) is 4.79 Å². The normalized spacial score (nSPS) is 10.6. The summed E-state index contributed by atoms with van der Waals surface area (Å²) in [6.45, 7) is 5.57. The molecule has 0 atom stereocenters. The number of nitrogens with one attached hydrogen (secondary N) is 1.